The Kier molecular flexibility index (Phi) is 8.36. The van der Waals surface area contributed by atoms with Crippen molar-refractivity contribution in [2.45, 2.75) is 44.7 Å². The van der Waals surface area contributed by atoms with Crippen LogP contribution in [0.1, 0.15) is 43.4 Å². The maximum Gasteiger partial charge on any atom is 0.133 e. The first-order chi connectivity index (χ1) is 12.3. The number of phenols is 1. The highest BCUT2D eigenvalue weighted by molar-refractivity contribution is 5.92. The average molecular weight is 366 g/mol. The standard InChI is InChI=1S/C19H30N2O5/c1-4-18(10-22,11-23)20-8-15-6-14(3)7-16(17(15)26)9-21-19(5-2,12-24)13-25/h6-9,22-26H,4-5,10-13H2,1-3H3. The highest BCUT2D eigenvalue weighted by atomic mass is 16.3. The highest BCUT2D eigenvalue weighted by Gasteiger charge is 2.26. The lowest BCUT2D eigenvalue weighted by Gasteiger charge is -2.23. The Morgan fingerprint density at radius 1 is 0.808 bits per heavy atom. The molecule has 0 bridgehead atoms. The summed E-state index contributed by atoms with van der Waals surface area (Å²) in [6.07, 6.45) is 3.76. The Labute approximate surface area is 154 Å². The fourth-order valence-electron chi connectivity index (χ4n) is 2.34. The third-order valence-electron chi connectivity index (χ3n) is 4.76. The van der Waals surface area contributed by atoms with E-state index < -0.39 is 11.1 Å². The van der Waals surface area contributed by atoms with E-state index in [1.54, 1.807) is 12.1 Å². The third kappa shape index (κ3) is 5.11. The third-order valence-corrected chi connectivity index (χ3v) is 4.76. The van der Waals surface area contributed by atoms with Crippen molar-refractivity contribution in [3.05, 3.63) is 28.8 Å². The second-order valence-electron chi connectivity index (χ2n) is 6.60. The molecular formula is C19H30N2O5. The van der Waals surface area contributed by atoms with Gasteiger partial charge in [-0.1, -0.05) is 13.8 Å². The molecule has 0 unspecified atom stereocenters. The number of nitrogens with zero attached hydrogens (tertiary/aromatic N) is 2. The molecule has 0 saturated heterocycles. The molecular weight excluding hydrogens is 336 g/mol. The van der Waals surface area contributed by atoms with Crippen LogP contribution in [0.15, 0.2) is 22.1 Å². The molecule has 0 aliphatic carbocycles. The van der Waals surface area contributed by atoms with Gasteiger partial charge in [-0.25, -0.2) is 0 Å². The van der Waals surface area contributed by atoms with Gasteiger partial charge in [0.05, 0.1) is 26.4 Å². The zero-order valence-electron chi connectivity index (χ0n) is 15.7. The van der Waals surface area contributed by atoms with Crippen molar-refractivity contribution in [1.29, 1.82) is 0 Å². The Morgan fingerprint density at radius 2 is 1.15 bits per heavy atom. The van der Waals surface area contributed by atoms with Crippen LogP contribution < -0.4 is 0 Å². The molecule has 7 nitrogen and oxygen atoms in total. The molecule has 0 radical (unpaired) electrons. The van der Waals surface area contributed by atoms with Crippen LogP contribution >= 0.6 is 0 Å². The van der Waals surface area contributed by atoms with E-state index >= 15 is 0 Å². The van der Waals surface area contributed by atoms with E-state index in [0.29, 0.717) is 24.0 Å². The number of aliphatic hydroxyl groups excluding tert-OH is 4. The molecule has 0 atom stereocenters. The molecule has 0 spiro atoms. The SMILES string of the molecule is CCC(CO)(CO)N=Cc1cc(C)cc(C=NC(CC)(CO)CO)c1O. The largest absolute Gasteiger partial charge is 0.507 e. The predicted molar refractivity (Wildman–Crippen MR) is 102 cm³/mol. The van der Waals surface area contributed by atoms with Crippen molar-refractivity contribution < 1.29 is 25.5 Å². The quantitative estimate of drug-likeness (QED) is 0.392. The summed E-state index contributed by atoms with van der Waals surface area (Å²) in [5.74, 6) is -0.0511. The summed E-state index contributed by atoms with van der Waals surface area (Å²) in [6.45, 7) is 4.27. The lowest BCUT2D eigenvalue weighted by molar-refractivity contribution is 0.120. The minimum Gasteiger partial charge on any atom is -0.507 e. The molecule has 7 heteroatoms. The smallest absolute Gasteiger partial charge is 0.133 e. The molecule has 1 aromatic rings. The van der Waals surface area contributed by atoms with Crippen LogP contribution in [0.3, 0.4) is 0 Å². The first-order valence-electron chi connectivity index (χ1n) is 8.72. The van der Waals surface area contributed by atoms with Gasteiger partial charge in [-0.2, -0.15) is 0 Å². The van der Waals surface area contributed by atoms with Crippen molar-refractivity contribution in [2.75, 3.05) is 26.4 Å². The number of aromatic hydroxyl groups is 1. The first kappa shape index (κ1) is 22.2. The summed E-state index contributed by atoms with van der Waals surface area (Å²) >= 11 is 0. The monoisotopic (exact) mass is 366 g/mol. The van der Waals surface area contributed by atoms with Gasteiger partial charge in [0.25, 0.3) is 0 Å². The number of hydrogen-bond acceptors (Lipinski definition) is 7. The Balaban J connectivity index is 3.28. The number of benzene rings is 1. The zero-order chi connectivity index (χ0) is 19.8. The number of aryl methyl sites for hydroxylation is 1. The van der Waals surface area contributed by atoms with Gasteiger partial charge >= 0.3 is 0 Å². The maximum atomic E-state index is 10.5. The molecule has 0 fully saturated rings. The lowest BCUT2D eigenvalue weighted by atomic mass is 9.98. The summed E-state index contributed by atoms with van der Waals surface area (Å²) in [7, 11) is 0. The van der Waals surface area contributed by atoms with E-state index in [1.807, 2.05) is 20.8 Å². The minimum atomic E-state index is -0.990. The van der Waals surface area contributed by atoms with E-state index in [4.69, 9.17) is 0 Å². The van der Waals surface area contributed by atoms with Gasteiger partial charge in [0.15, 0.2) is 0 Å². The molecule has 0 aromatic heterocycles. The van der Waals surface area contributed by atoms with Crippen LogP contribution in [0.4, 0.5) is 0 Å². The Hall–Kier alpha value is -1.80. The topological polar surface area (TPSA) is 126 Å². The molecule has 146 valence electrons. The van der Waals surface area contributed by atoms with Crippen LogP contribution in [0.25, 0.3) is 0 Å². The van der Waals surface area contributed by atoms with Gasteiger partial charge in [0.1, 0.15) is 16.8 Å². The van der Waals surface area contributed by atoms with Crippen molar-refractivity contribution in [3.8, 4) is 5.75 Å². The first-order valence-corrected chi connectivity index (χ1v) is 8.72. The summed E-state index contributed by atoms with van der Waals surface area (Å²) in [4.78, 5) is 8.54. The van der Waals surface area contributed by atoms with Crippen LogP contribution in [0.2, 0.25) is 0 Å². The van der Waals surface area contributed by atoms with Gasteiger partial charge in [0.2, 0.25) is 0 Å². The number of aliphatic hydroxyl groups is 4. The van der Waals surface area contributed by atoms with Crippen LogP contribution in [-0.4, -0.2) is 75.5 Å². The van der Waals surface area contributed by atoms with Crippen LogP contribution in [0.5, 0.6) is 5.75 Å². The molecule has 26 heavy (non-hydrogen) atoms. The molecule has 0 aliphatic heterocycles. The Morgan fingerprint density at radius 3 is 1.42 bits per heavy atom. The molecule has 0 heterocycles. The van der Waals surface area contributed by atoms with E-state index in [1.165, 1.54) is 12.4 Å². The minimum absolute atomic E-state index is 0.0511. The van der Waals surface area contributed by atoms with Crippen LogP contribution in [-0.2, 0) is 0 Å². The van der Waals surface area contributed by atoms with E-state index in [2.05, 4.69) is 9.98 Å². The van der Waals surface area contributed by atoms with E-state index in [-0.39, 0.29) is 32.2 Å². The number of aliphatic imine (C=N–C) groups is 2. The van der Waals surface area contributed by atoms with Gasteiger partial charge in [0, 0.05) is 23.6 Å². The van der Waals surface area contributed by atoms with Crippen molar-refractivity contribution in [3.63, 3.8) is 0 Å². The van der Waals surface area contributed by atoms with Gasteiger partial charge in [-0.3, -0.25) is 9.98 Å². The van der Waals surface area contributed by atoms with Gasteiger partial charge in [-0.15, -0.1) is 0 Å². The molecule has 0 amide bonds. The molecule has 0 saturated carbocycles. The van der Waals surface area contributed by atoms with Crippen molar-refractivity contribution in [2.24, 2.45) is 9.98 Å². The Bertz CT molecular complexity index is 567. The number of rotatable bonds is 10. The average Bonchev–Trinajstić information content (AvgIpc) is 2.67. The second kappa shape index (κ2) is 9.78. The van der Waals surface area contributed by atoms with E-state index in [0.717, 1.165) is 5.56 Å². The normalized spacial score (nSPS) is 13.2. The van der Waals surface area contributed by atoms with E-state index in [9.17, 15) is 25.5 Å². The van der Waals surface area contributed by atoms with Gasteiger partial charge < -0.3 is 25.5 Å². The molecule has 1 rings (SSSR count). The maximum absolute atomic E-state index is 10.5. The summed E-state index contributed by atoms with van der Waals surface area (Å²) in [5, 5.41) is 48.4. The fraction of sp³-hybridized carbons (Fsp3) is 0.579. The lowest BCUT2D eigenvalue weighted by Crippen LogP contribution is -2.35. The summed E-state index contributed by atoms with van der Waals surface area (Å²) in [6, 6.07) is 3.47. The number of phenolic OH excluding ortho intramolecular Hbond substituents is 1. The van der Waals surface area contributed by atoms with Crippen molar-refractivity contribution >= 4 is 12.4 Å². The summed E-state index contributed by atoms with van der Waals surface area (Å²) < 4.78 is 0. The highest BCUT2D eigenvalue weighted by Crippen LogP contribution is 2.24. The molecule has 0 aliphatic rings. The van der Waals surface area contributed by atoms with Crippen molar-refractivity contribution in [1.82, 2.24) is 0 Å². The number of hydrogen-bond donors (Lipinski definition) is 5. The van der Waals surface area contributed by atoms with Crippen LogP contribution in [0, 0.1) is 6.92 Å². The molecule has 1 aromatic carbocycles. The fourth-order valence-corrected chi connectivity index (χ4v) is 2.34. The second-order valence-corrected chi connectivity index (χ2v) is 6.60. The zero-order valence-corrected chi connectivity index (χ0v) is 15.7. The summed E-state index contributed by atoms with van der Waals surface area (Å²) in [5.41, 5.74) is -0.260. The predicted octanol–water partition coefficient (Wildman–Crippen LogP) is 0.805. The molecule has 5 N–H and O–H groups in total. The van der Waals surface area contributed by atoms with Gasteiger partial charge in [-0.05, 0) is 37.5 Å².